The molecule has 0 bridgehead atoms. The predicted octanol–water partition coefficient (Wildman–Crippen LogP) is 3.47. The summed E-state index contributed by atoms with van der Waals surface area (Å²) in [5.41, 5.74) is 4.33. The molecule has 29 heavy (non-hydrogen) atoms. The van der Waals surface area contributed by atoms with E-state index in [-0.39, 0.29) is 23.9 Å². The highest BCUT2D eigenvalue weighted by molar-refractivity contribution is 7.14. The van der Waals surface area contributed by atoms with Crippen molar-refractivity contribution in [2.24, 2.45) is 0 Å². The summed E-state index contributed by atoms with van der Waals surface area (Å²) in [6.07, 6.45) is 3.91. The maximum Gasteiger partial charge on any atom is 0.261 e. The Morgan fingerprint density at radius 1 is 1.38 bits per heavy atom. The minimum absolute atomic E-state index is 0. The van der Waals surface area contributed by atoms with E-state index < -0.39 is 0 Å². The van der Waals surface area contributed by atoms with Crippen molar-refractivity contribution in [1.82, 2.24) is 20.4 Å². The molecule has 160 valence electrons. The highest BCUT2D eigenvalue weighted by atomic mass is 35.5. The SMILES string of the molecule is CCCn1nc(C)c(CNC(=O)c2cc3c(s2)CCOC32CCNCC2)c1C.Cl. The van der Waals surface area contributed by atoms with Crippen LogP contribution in [-0.4, -0.2) is 35.4 Å². The molecule has 0 aromatic carbocycles. The lowest BCUT2D eigenvalue weighted by atomic mass is 9.83. The Bertz CT molecular complexity index is 870. The number of hydrogen-bond acceptors (Lipinski definition) is 5. The van der Waals surface area contributed by atoms with E-state index in [2.05, 4.69) is 35.6 Å². The molecule has 0 unspecified atom stereocenters. The molecular weight excluding hydrogens is 408 g/mol. The van der Waals surface area contributed by atoms with Gasteiger partial charge in [-0.25, -0.2) is 0 Å². The molecular formula is C21H31ClN4O2S. The fraction of sp³-hybridized carbons (Fsp3) is 0.619. The normalized spacial score (nSPS) is 17.6. The van der Waals surface area contributed by atoms with Crippen LogP contribution in [0.25, 0.3) is 0 Å². The van der Waals surface area contributed by atoms with Gasteiger partial charge in [0.2, 0.25) is 0 Å². The van der Waals surface area contributed by atoms with Crippen molar-refractivity contribution in [3.05, 3.63) is 38.3 Å². The molecule has 2 aromatic heterocycles. The number of fused-ring (bicyclic) bond motifs is 2. The number of aromatic nitrogens is 2. The number of carbonyl (C=O) groups excluding carboxylic acids is 1. The molecule has 2 N–H and O–H groups in total. The summed E-state index contributed by atoms with van der Waals surface area (Å²) >= 11 is 1.63. The summed E-state index contributed by atoms with van der Waals surface area (Å²) in [6, 6.07) is 2.08. The van der Waals surface area contributed by atoms with E-state index in [4.69, 9.17) is 4.74 Å². The Morgan fingerprint density at radius 2 is 2.14 bits per heavy atom. The fourth-order valence-corrected chi connectivity index (χ4v) is 5.60. The number of carbonyl (C=O) groups is 1. The van der Waals surface area contributed by atoms with E-state index in [1.54, 1.807) is 11.3 Å². The monoisotopic (exact) mass is 438 g/mol. The van der Waals surface area contributed by atoms with Gasteiger partial charge in [-0.15, -0.1) is 23.7 Å². The molecule has 0 atom stereocenters. The molecule has 4 rings (SSSR count). The van der Waals surface area contributed by atoms with Gasteiger partial charge in [0.15, 0.2) is 0 Å². The van der Waals surface area contributed by atoms with Gasteiger partial charge in [0.1, 0.15) is 0 Å². The summed E-state index contributed by atoms with van der Waals surface area (Å²) in [4.78, 5) is 15.0. The van der Waals surface area contributed by atoms with Gasteiger partial charge >= 0.3 is 0 Å². The largest absolute Gasteiger partial charge is 0.370 e. The molecule has 1 amide bonds. The molecule has 0 radical (unpaired) electrons. The van der Waals surface area contributed by atoms with Crippen LogP contribution in [0, 0.1) is 13.8 Å². The van der Waals surface area contributed by atoms with Crippen LogP contribution in [0.3, 0.4) is 0 Å². The third kappa shape index (κ3) is 4.24. The molecule has 0 aliphatic carbocycles. The Labute approximate surface area is 182 Å². The van der Waals surface area contributed by atoms with Crippen LogP contribution in [0.5, 0.6) is 0 Å². The lowest BCUT2D eigenvalue weighted by molar-refractivity contribution is -0.0792. The Morgan fingerprint density at radius 3 is 2.86 bits per heavy atom. The van der Waals surface area contributed by atoms with Gasteiger partial charge in [0, 0.05) is 35.6 Å². The van der Waals surface area contributed by atoms with Crippen LogP contribution in [0.4, 0.5) is 0 Å². The average Bonchev–Trinajstić information content (AvgIpc) is 3.24. The van der Waals surface area contributed by atoms with Gasteiger partial charge in [-0.3, -0.25) is 9.48 Å². The smallest absolute Gasteiger partial charge is 0.261 e. The van der Waals surface area contributed by atoms with Crippen LogP contribution in [-0.2, 0) is 29.8 Å². The van der Waals surface area contributed by atoms with E-state index in [0.717, 1.165) is 73.8 Å². The van der Waals surface area contributed by atoms with Crippen LogP contribution < -0.4 is 10.6 Å². The summed E-state index contributed by atoms with van der Waals surface area (Å²) in [5.74, 6) is 0.00512. The molecule has 1 spiro atoms. The van der Waals surface area contributed by atoms with Gasteiger partial charge in [0.25, 0.3) is 5.91 Å². The number of nitrogens with zero attached hydrogens (tertiary/aromatic N) is 2. The van der Waals surface area contributed by atoms with Crippen LogP contribution in [0.2, 0.25) is 0 Å². The Kier molecular flexibility index (Phi) is 7.04. The van der Waals surface area contributed by atoms with Gasteiger partial charge < -0.3 is 15.4 Å². The molecule has 1 saturated heterocycles. The summed E-state index contributed by atoms with van der Waals surface area (Å²) in [5, 5.41) is 11.1. The first kappa shape index (κ1) is 22.3. The summed E-state index contributed by atoms with van der Waals surface area (Å²) in [6.45, 7) is 10.4. The standard InChI is InChI=1S/C21H30N4O2S.ClH/c1-4-10-25-15(3)16(14(2)24-25)13-23-20(26)19-12-17-18(28-19)5-11-27-21(17)6-8-22-9-7-21;/h12,22H,4-11,13H2,1-3H3,(H,23,26);1H. The fourth-order valence-electron chi connectivity index (χ4n) is 4.45. The molecule has 1 fully saturated rings. The number of rotatable bonds is 5. The van der Waals surface area contributed by atoms with Gasteiger partial charge in [0.05, 0.1) is 22.8 Å². The quantitative estimate of drug-likeness (QED) is 0.749. The third-order valence-electron chi connectivity index (χ3n) is 6.03. The number of amides is 1. The first-order chi connectivity index (χ1) is 13.5. The molecule has 2 aromatic rings. The van der Waals surface area contributed by atoms with Crippen LogP contribution in [0.15, 0.2) is 6.07 Å². The van der Waals surface area contributed by atoms with E-state index in [0.29, 0.717) is 6.54 Å². The maximum atomic E-state index is 12.9. The van der Waals surface area contributed by atoms with Crippen molar-refractivity contribution >= 4 is 29.7 Å². The third-order valence-corrected chi connectivity index (χ3v) is 7.23. The highest BCUT2D eigenvalue weighted by Crippen LogP contribution is 2.43. The molecule has 8 heteroatoms. The van der Waals surface area contributed by atoms with Crippen molar-refractivity contribution in [3.63, 3.8) is 0 Å². The van der Waals surface area contributed by atoms with Crippen molar-refractivity contribution in [3.8, 4) is 0 Å². The van der Waals surface area contributed by atoms with Crippen LogP contribution in [0.1, 0.15) is 63.2 Å². The number of halogens is 1. The van der Waals surface area contributed by atoms with E-state index in [1.807, 2.05) is 11.6 Å². The minimum atomic E-state index is -0.192. The van der Waals surface area contributed by atoms with Crippen LogP contribution >= 0.6 is 23.7 Å². The summed E-state index contributed by atoms with van der Waals surface area (Å²) < 4.78 is 8.28. The zero-order chi connectivity index (χ0) is 19.7. The summed E-state index contributed by atoms with van der Waals surface area (Å²) in [7, 11) is 0. The highest BCUT2D eigenvalue weighted by Gasteiger charge is 2.40. The average molecular weight is 439 g/mol. The topological polar surface area (TPSA) is 68.2 Å². The first-order valence-corrected chi connectivity index (χ1v) is 11.1. The minimum Gasteiger partial charge on any atom is -0.370 e. The second-order valence-electron chi connectivity index (χ2n) is 7.85. The van der Waals surface area contributed by atoms with Gasteiger partial charge in [-0.2, -0.15) is 5.10 Å². The van der Waals surface area contributed by atoms with E-state index >= 15 is 0 Å². The lowest BCUT2D eigenvalue weighted by Crippen LogP contribution is -2.44. The number of ether oxygens (including phenoxy) is 1. The zero-order valence-electron chi connectivity index (χ0n) is 17.5. The van der Waals surface area contributed by atoms with Crippen molar-refractivity contribution in [1.29, 1.82) is 0 Å². The molecule has 2 aliphatic heterocycles. The molecule has 0 saturated carbocycles. The van der Waals surface area contributed by atoms with E-state index in [1.165, 1.54) is 10.4 Å². The van der Waals surface area contributed by atoms with E-state index in [9.17, 15) is 4.79 Å². The first-order valence-electron chi connectivity index (χ1n) is 10.3. The zero-order valence-corrected chi connectivity index (χ0v) is 19.1. The number of hydrogen-bond donors (Lipinski definition) is 2. The Balaban J connectivity index is 0.00000240. The number of aryl methyl sites for hydroxylation is 2. The number of piperidine rings is 1. The number of nitrogens with one attached hydrogen (secondary N) is 2. The second-order valence-corrected chi connectivity index (χ2v) is 8.98. The predicted molar refractivity (Wildman–Crippen MR) is 118 cm³/mol. The molecule has 2 aliphatic rings. The lowest BCUT2D eigenvalue weighted by Gasteiger charge is -2.40. The second kappa shape index (κ2) is 9.16. The van der Waals surface area contributed by atoms with Crippen molar-refractivity contribution in [2.75, 3.05) is 19.7 Å². The van der Waals surface area contributed by atoms with Gasteiger partial charge in [-0.05, 0) is 57.8 Å². The molecule has 6 nitrogen and oxygen atoms in total. The number of thiophene rings is 1. The Hall–Kier alpha value is -1.41. The maximum absolute atomic E-state index is 12.9. The van der Waals surface area contributed by atoms with Crippen molar-refractivity contribution in [2.45, 2.75) is 65.1 Å². The van der Waals surface area contributed by atoms with Crippen molar-refractivity contribution < 1.29 is 9.53 Å². The molecule has 4 heterocycles. The van der Waals surface area contributed by atoms with Gasteiger partial charge in [-0.1, -0.05) is 6.92 Å².